The number of nitrogens with one attached hydrogen (secondary N) is 2. The smallest absolute Gasteiger partial charge is 0.331 e. The lowest BCUT2D eigenvalue weighted by Crippen LogP contribution is -2.60. The summed E-state index contributed by atoms with van der Waals surface area (Å²) in [4.78, 5) is 41.3. The summed E-state index contributed by atoms with van der Waals surface area (Å²) in [5, 5.41) is 15.6. The molecule has 1 atom stereocenters. The SMILES string of the molecule is COC(=O)C1(NC(=O)CCc2ccccc2)CCN(CC(C(=O)NCCc2ccc(O)cc2)c2ccccc2)CC1. The van der Waals surface area contributed by atoms with Crippen LogP contribution in [-0.2, 0) is 32.0 Å². The van der Waals surface area contributed by atoms with Crippen LogP contribution < -0.4 is 10.6 Å². The Morgan fingerprint density at radius 3 is 2.12 bits per heavy atom. The molecule has 1 aliphatic rings. The van der Waals surface area contributed by atoms with Gasteiger partial charge in [0.2, 0.25) is 11.8 Å². The van der Waals surface area contributed by atoms with E-state index in [1.165, 1.54) is 7.11 Å². The average Bonchev–Trinajstić information content (AvgIpc) is 3.01. The number of ether oxygens (including phenoxy) is 1. The van der Waals surface area contributed by atoms with E-state index in [0.717, 1.165) is 16.7 Å². The second kappa shape index (κ2) is 14.5. The number of aryl methyl sites for hydroxylation is 1. The molecule has 2 amide bonds. The number of esters is 1. The number of rotatable bonds is 12. The molecule has 0 aliphatic carbocycles. The molecule has 4 rings (SSSR count). The highest BCUT2D eigenvalue weighted by atomic mass is 16.5. The van der Waals surface area contributed by atoms with Crippen LogP contribution in [0.1, 0.15) is 41.9 Å². The Hall–Kier alpha value is -4.17. The van der Waals surface area contributed by atoms with Gasteiger partial charge in [0.1, 0.15) is 11.3 Å². The van der Waals surface area contributed by atoms with Crippen molar-refractivity contribution in [2.45, 2.75) is 43.6 Å². The topological polar surface area (TPSA) is 108 Å². The first-order valence-corrected chi connectivity index (χ1v) is 14.1. The number of benzene rings is 3. The minimum atomic E-state index is -1.08. The van der Waals surface area contributed by atoms with Gasteiger partial charge >= 0.3 is 5.97 Å². The van der Waals surface area contributed by atoms with Crippen molar-refractivity contribution in [3.63, 3.8) is 0 Å². The zero-order chi connectivity index (χ0) is 29.1. The highest BCUT2D eigenvalue weighted by molar-refractivity contribution is 5.88. The van der Waals surface area contributed by atoms with Gasteiger partial charge in [0, 0.05) is 32.6 Å². The number of methoxy groups -OCH3 is 1. The minimum absolute atomic E-state index is 0.0611. The van der Waals surface area contributed by atoms with Crippen molar-refractivity contribution in [1.82, 2.24) is 15.5 Å². The van der Waals surface area contributed by atoms with Crippen molar-refractivity contribution in [2.24, 2.45) is 0 Å². The maximum Gasteiger partial charge on any atom is 0.331 e. The zero-order valence-corrected chi connectivity index (χ0v) is 23.6. The summed E-state index contributed by atoms with van der Waals surface area (Å²) in [6.07, 6.45) is 2.34. The summed E-state index contributed by atoms with van der Waals surface area (Å²) in [6.45, 7) is 2.05. The predicted molar refractivity (Wildman–Crippen MR) is 157 cm³/mol. The summed E-state index contributed by atoms with van der Waals surface area (Å²) in [5.41, 5.74) is 1.94. The van der Waals surface area contributed by atoms with E-state index in [-0.39, 0.29) is 29.9 Å². The maximum absolute atomic E-state index is 13.4. The molecule has 3 aromatic rings. The molecular formula is C33H39N3O5. The molecule has 0 spiro atoms. The van der Waals surface area contributed by atoms with E-state index in [1.54, 1.807) is 12.1 Å². The summed E-state index contributed by atoms with van der Waals surface area (Å²) in [6, 6.07) is 26.4. The lowest BCUT2D eigenvalue weighted by molar-refractivity contribution is -0.153. The maximum atomic E-state index is 13.4. The van der Waals surface area contributed by atoms with Crippen LogP contribution in [0.5, 0.6) is 5.75 Å². The Bertz CT molecular complexity index is 1270. The largest absolute Gasteiger partial charge is 0.508 e. The molecule has 0 radical (unpaired) electrons. The fraction of sp³-hybridized carbons (Fsp3) is 0.364. The Morgan fingerprint density at radius 2 is 1.49 bits per heavy atom. The van der Waals surface area contributed by atoms with Gasteiger partial charge in [0.15, 0.2) is 0 Å². The van der Waals surface area contributed by atoms with E-state index >= 15 is 0 Å². The van der Waals surface area contributed by atoms with E-state index in [9.17, 15) is 19.5 Å². The molecule has 0 bridgehead atoms. The number of phenolic OH excluding ortho intramolecular Hbond substituents is 1. The predicted octanol–water partition coefficient (Wildman–Crippen LogP) is 3.59. The molecule has 3 aromatic carbocycles. The van der Waals surface area contributed by atoms with Crippen molar-refractivity contribution in [1.29, 1.82) is 0 Å². The normalized spacial score (nSPS) is 15.4. The van der Waals surface area contributed by atoms with Crippen LogP contribution in [0, 0.1) is 0 Å². The molecule has 41 heavy (non-hydrogen) atoms. The zero-order valence-electron chi connectivity index (χ0n) is 23.6. The van der Waals surface area contributed by atoms with Crippen LogP contribution in [0.4, 0.5) is 0 Å². The number of carbonyl (C=O) groups excluding carboxylic acids is 3. The molecule has 1 aliphatic heterocycles. The van der Waals surface area contributed by atoms with Crippen LogP contribution in [0.3, 0.4) is 0 Å². The molecule has 216 valence electrons. The third kappa shape index (κ3) is 8.41. The number of nitrogens with zero attached hydrogens (tertiary/aromatic N) is 1. The Balaban J connectivity index is 1.36. The van der Waals surface area contributed by atoms with Crippen molar-refractivity contribution >= 4 is 17.8 Å². The average molecular weight is 558 g/mol. The van der Waals surface area contributed by atoms with Gasteiger partial charge in [-0.2, -0.15) is 0 Å². The van der Waals surface area contributed by atoms with Gasteiger partial charge in [-0.25, -0.2) is 4.79 Å². The van der Waals surface area contributed by atoms with Crippen molar-refractivity contribution in [3.8, 4) is 5.75 Å². The first-order valence-electron chi connectivity index (χ1n) is 14.1. The molecule has 1 fully saturated rings. The Morgan fingerprint density at radius 1 is 0.878 bits per heavy atom. The van der Waals surface area contributed by atoms with Gasteiger partial charge < -0.3 is 25.4 Å². The summed E-state index contributed by atoms with van der Waals surface area (Å²) >= 11 is 0. The van der Waals surface area contributed by atoms with Crippen LogP contribution in [0.25, 0.3) is 0 Å². The quantitative estimate of drug-likeness (QED) is 0.294. The van der Waals surface area contributed by atoms with Crippen LogP contribution in [0.2, 0.25) is 0 Å². The van der Waals surface area contributed by atoms with Gasteiger partial charge in [0.25, 0.3) is 0 Å². The van der Waals surface area contributed by atoms with Crippen molar-refractivity contribution < 1.29 is 24.2 Å². The van der Waals surface area contributed by atoms with Crippen LogP contribution in [0.15, 0.2) is 84.9 Å². The second-order valence-electron chi connectivity index (χ2n) is 10.6. The number of piperidine rings is 1. The molecule has 0 saturated carbocycles. The number of amides is 2. The van der Waals surface area contributed by atoms with Gasteiger partial charge in [-0.3, -0.25) is 9.59 Å². The van der Waals surface area contributed by atoms with E-state index in [1.807, 2.05) is 72.8 Å². The molecule has 8 heteroatoms. The van der Waals surface area contributed by atoms with E-state index < -0.39 is 11.5 Å². The number of aromatic hydroxyl groups is 1. The fourth-order valence-electron chi connectivity index (χ4n) is 5.32. The molecule has 3 N–H and O–H groups in total. The molecule has 1 unspecified atom stereocenters. The van der Waals surface area contributed by atoms with E-state index in [4.69, 9.17) is 4.74 Å². The number of likely N-dealkylation sites (tertiary alicyclic amines) is 1. The molecular weight excluding hydrogens is 518 g/mol. The number of hydrogen-bond donors (Lipinski definition) is 3. The standard InChI is InChI=1S/C33H39N3O5/c1-41-32(40)33(35-30(38)17-14-25-8-4-2-5-9-25)19-22-36(23-20-33)24-29(27-10-6-3-7-11-27)31(39)34-21-18-26-12-15-28(37)16-13-26/h2-13,15-16,29,37H,14,17-24H2,1H3,(H,34,39)(H,35,38). The van der Waals surface area contributed by atoms with E-state index in [2.05, 4.69) is 15.5 Å². The van der Waals surface area contributed by atoms with Gasteiger partial charge in [0.05, 0.1) is 13.0 Å². The van der Waals surface area contributed by atoms with E-state index in [0.29, 0.717) is 51.9 Å². The Labute approximate surface area is 241 Å². The third-order valence-corrected chi connectivity index (χ3v) is 7.76. The first kappa shape index (κ1) is 29.8. The van der Waals surface area contributed by atoms with Crippen LogP contribution >= 0.6 is 0 Å². The minimum Gasteiger partial charge on any atom is -0.508 e. The van der Waals surface area contributed by atoms with Crippen molar-refractivity contribution in [2.75, 3.05) is 33.3 Å². The summed E-state index contributed by atoms with van der Waals surface area (Å²) in [5.74, 6) is -0.845. The fourth-order valence-corrected chi connectivity index (χ4v) is 5.32. The summed E-state index contributed by atoms with van der Waals surface area (Å²) in [7, 11) is 1.35. The molecule has 1 heterocycles. The highest BCUT2D eigenvalue weighted by Gasteiger charge is 2.44. The first-order chi connectivity index (χ1) is 19.9. The van der Waals surface area contributed by atoms with Gasteiger partial charge in [-0.15, -0.1) is 0 Å². The number of carbonyl (C=O) groups is 3. The molecule has 8 nitrogen and oxygen atoms in total. The monoisotopic (exact) mass is 557 g/mol. The van der Waals surface area contributed by atoms with Crippen LogP contribution in [-0.4, -0.2) is 66.6 Å². The van der Waals surface area contributed by atoms with Crippen molar-refractivity contribution in [3.05, 3.63) is 102 Å². The molecule has 0 aromatic heterocycles. The second-order valence-corrected chi connectivity index (χ2v) is 10.6. The Kier molecular flexibility index (Phi) is 10.5. The highest BCUT2D eigenvalue weighted by Crippen LogP contribution is 2.27. The van der Waals surface area contributed by atoms with Gasteiger partial charge in [-0.05, 0) is 54.5 Å². The number of hydrogen-bond acceptors (Lipinski definition) is 6. The number of phenols is 1. The van der Waals surface area contributed by atoms with Gasteiger partial charge in [-0.1, -0.05) is 72.8 Å². The summed E-state index contributed by atoms with van der Waals surface area (Å²) < 4.78 is 5.12. The molecule has 1 saturated heterocycles. The lowest BCUT2D eigenvalue weighted by atomic mass is 9.86. The lowest BCUT2D eigenvalue weighted by Gasteiger charge is -2.41. The third-order valence-electron chi connectivity index (χ3n) is 7.76.